The van der Waals surface area contributed by atoms with Crippen LogP contribution in [-0.4, -0.2) is 39.6 Å². The maximum Gasteiger partial charge on any atom is 0.254 e. The van der Waals surface area contributed by atoms with Crippen LogP contribution in [0, 0.1) is 0 Å². The number of hydrogen-bond acceptors (Lipinski definition) is 6. The number of amides is 1. The van der Waals surface area contributed by atoms with Crippen molar-refractivity contribution in [3.63, 3.8) is 0 Å². The van der Waals surface area contributed by atoms with Crippen molar-refractivity contribution in [1.29, 1.82) is 0 Å². The zero-order chi connectivity index (χ0) is 20.1. The molecular weight excluding hydrogens is 378 g/mol. The quantitative estimate of drug-likeness (QED) is 0.533. The Hall–Kier alpha value is -3.52. The summed E-state index contributed by atoms with van der Waals surface area (Å²) in [6.07, 6.45) is 4.70. The first-order chi connectivity index (χ1) is 14.7. The minimum Gasteiger partial charge on any atom is -0.365 e. The van der Waals surface area contributed by atoms with Crippen molar-refractivity contribution in [1.82, 2.24) is 30.9 Å². The maximum absolute atomic E-state index is 13.0. The van der Waals surface area contributed by atoms with Gasteiger partial charge < -0.3 is 21.1 Å². The summed E-state index contributed by atoms with van der Waals surface area (Å²) in [5.41, 5.74) is 15.6. The number of aromatic nitrogens is 2. The Morgan fingerprint density at radius 1 is 1.07 bits per heavy atom. The second kappa shape index (κ2) is 6.77. The van der Waals surface area contributed by atoms with Crippen LogP contribution >= 0.6 is 0 Å². The third-order valence-electron chi connectivity index (χ3n) is 6.17. The van der Waals surface area contributed by atoms with Gasteiger partial charge in [0, 0.05) is 36.8 Å². The number of carbonyl (C=O) groups is 1. The minimum atomic E-state index is 0.0414. The molecule has 6 rings (SSSR count). The Morgan fingerprint density at radius 2 is 1.87 bits per heavy atom. The standard InChI is InChI=1S/C22H23N7O/c30-22(28-7-6-19-20(13-28)25-27-24-19)16-5-8-29-18(11-16)12-21(26-29)23-17-9-14-3-1-2-4-15(14)10-17/h1-5,8,11-12,17,24-25,27H,6-7,9-10,13H2,(H,23,26). The highest BCUT2D eigenvalue weighted by Gasteiger charge is 2.26. The Kier molecular flexibility index (Phi) is 3.92. The van der Waals surface area contributed by atoms with Crippen LogP contribution in [0.2, 0.25) is 0 Å². The molecule has 1 amide bonds. The Balaban J connectivity index is 1.18. The highest BCUT2D eigenvalue weighted by molar-refractivity contribution is 5.95. The van der Waals surface area contributed by atoms with Gasteiger partial charge in [-0.3, -0.25) is 4.79 Å². The number of pyridine rings is 1. The first-order valence-electron chi connectivity index (χ1n) is 10.3. The van der Waals surface area contributed by atoms with Gasteiger partial charge in [0.05, 0.1) is 23.5 Å². The van der Waals surface area contributed by atoms with E-state index in [-0.39, 0.29) is 5.91 Å². The molecule has 4 heterocycles. The first-order valence-corrected chi connectivity index (χ1v) is 10.3. The highest BCUT2D eigenvalue weighted by atomic mass is 16.2. The molecule has 0 fully saturated rings. The van der Waals surface area contributed by atoms with Crippen LogP contribution in [0.3, 0.4) is 0 Å². The van der Waals surface area contributed by atoms with E-state index >= 15 is 0 Å². The summed E-state index contributed by atoms with van der Waals surface area (Å²) in [4.78, 5) is 14.9. The van der Waals surface area contributed by atoms with Gasteiger partial charge in [-0.1, -0.05) is 24.3 Å². The van der Waals surface area contributed by atoms with E-state index in [1.807, 2.05) is 33.8 Å². The Bertz CT molecular complexity index is 1160. The van der Waals surface area contributed by atoms with Crippen molar-refractivity contribution in [2.24, 2.45) is 0 Å². The molecule has 152 valence electrons. The van der Waals surface area contributed by atoms with Gasteiger partial charge in [0.25, 0.3) is 5.91 Å². The van der Waals surface area contributed by atoms with E-state index in [9.17, 15) is 4.79 Å². The zero-order valence-electron chi connectivity index (χ0n) is 16.5. The van der Waals surface area contributed by atoms with Crippen LogP contribution in [0.1, 0.15) is 27.9 Å². The highest BCUT2D eigenvalue weighted by Crippen LogP contribution is 2.25. The summed E-state index contributed by atoms with van der Waals surface area (Å²) in [7, 11) is 0. The smallest absolute Gasteiger partial charge is 0.254 e. The third kappa shape index (κ3) is 2.96. The third-order valence-corrected chi connectivity index (χ3v) is 6.17. The SMILES string of the molecule is O=C(c1ccn2nc(NC3Cc4ccccc4C3)cc2c1)N1CCC2=C(C1)NNN2. The molecule has 4 N–H and O–H groups in total. The predicted molar refractivity (Wildman–Crippen MR) is 113 cm³/mol. The largest absolute Gasteiger partial charge is 0.365 e. The summed E-state index contributed by atoms with van der Waals surface area (Å²) in [6.45, 7) is 1.28. The number of hydrazine groups is 2. The number of hydrogen-bond donors (Lipinski definition) is 4. The number of nitrogens with one attached hydrogen (secondary N) is 4. The molecule has 0 saturated heterocycles. The van der Waals surface area contributed by atoms with Crippen molar-refractivity contribution in [3.8, 4) is 0 Å². The van der Waals surface area contributed by atoms with E-state index in [0.717, 1.165) is 42.0 Å². The summed E-state index contributed by atoms with van der Waals surface area (Å²) in [5.74, 6) is 0.886. The number of rotatable bonds is 3. The molecule has 1 aromatic carbocycles. The zero-order valence-corrected chi connectivity index (χ0v) is 16.5. The molecule has 30 heavy (non-hydrogen) atoms. The summed E-state index contributed by atoms with van der Waals surface area (Å²) >= 11 is 0. The maximum atomic E-state index is 13.0. The molecule has 3 aromatic rings. The van der Waals surface area contributed by atoms with Crippen LogP contribution in [0.15, 0.2) is 60.1 Å². The van der Waals surface area contributed by atoms with Gasteiger partial charge in [-0.2, -0.15) is 10.6 Å². The van der Waals surface area contributed by atoms with E-state index in [0.29, 0.717) is 24.7 Å². The molecule has 2 aliphatic heterocycles. The van der Waals surface area contributed by atoms with Gasteiger partial charge in [-0.15, -0.1) is 0 Å². The number of carbonyl (C=O) groups excluding carboxylic acids is 1. The molecule has 2 aromatic heterocycles. The normalized spacial score (nSPS) is 18.2. The van der Waals surface area contributed by atoms with Crippen LogP contribution in [-0.2, 0) is 12.8 Å². The monoisotopic (exact) mass is 401 g/mol. The first kappa shape index (κ1) is 17.3. The molecule has 0 unspecified atom stereocenters. The fraction of sp³-hybridized carbons (Fsp3) is 0.273. The van der Waals surface area contributed by atoms with Crippen LogP contribution in [0.4, 0.5) is 5.82 Å². The number of nitrogens with zero attached hydrogens (tertiary/aromatic N) is 3. The Labute approximate surface area is 173 Å². The Morgan fingerprint density at radius 3 is 2.70 bits per heavy atom. The molecular formula is C22H23N7O. The van der Waals surface area contributed by atoms with Gasteiger partial charge in [0.1, 0.15) is 5.82 Å². The van der Waals surface area contributed by atoms with Crippen LogP contribution < -0.4 is 21.7 Å². The van der Waals surface area contributed by atoms with E-state index in [4.69, 9.17) is 0 Å². The molecule has 3 aliphatic rings. The van der Waals surface area contributed by atoms with E-state index < -0.39 is 0 Å². The van der Waals surface area contributed by atoms with Crippen molar-refractivity contribution < 1.29 is 4.79 Å². The van der Waals surface area contributed by atoms with E-state index in [1.165, 1.54) is 11.1 Å². The van der Waals surface area contributed by atoms with Crippen molar-refractivity contribution >= 4 is 17.2 Å². The average Bonchev–Trinajstić information content (AvgIpc) is 3.49. The van der Waals surface area contributed by atoms with Crippen molar-refractivity contribution in [2.75, 3.05) is 18.4 Å². The van der Waals surface area contributed by atoms with Crippen LogP contribution in [0.25, 0.3) is 5.52 Å². The number of benzene rings is 1. The second-order valence-electron chi connectivity index (χ2n) is 8.14. The predicted octanol–water partition coefficient (Wildman–Crippen LogP) is 1.58. The summed E-state index contributed by atoms with van der Waals surface area (Å²) in [5, 5.41) is 8.20. The molecule has 0 radical (unpaired) electrons. The van der Waals surface area contributed by atoms with Gasteiger partial charge in [-0.05, 0) is 36.1 Å². The lowest BCUT2D eigenvalue weighted by Gasteiger charge is -2.27. The fourth-order valence-electron chi connectivity index (χ4n) is 4.62. The van der Waals surface area contributed by atoms with Gasteiger partial charge in [0.15, 0.2) is 0 Å². The molecule has 1 aliphatic carbocycles. The second-order valence-corrected chi connectivity index (χ2v) is 8.14. The lowest BCUT2D eigenvalue weighted by Crippen LogP contribution is -2.39. The molecule has 8 heteroatoms. The molecule has 0 atom stereocenters. The summed E-state index contributed by atoms with van der Waals surface area (Å²) < 4.78 is 1.82. The molecule has 0 bridgehead atoms. The lowest BCUT2D eigenvalue weighted by atomic mass is 10.1. The molecule has 0 saturated carbocycles. The average molecular weight is 401 g/mol. The van der Waals surface area contributed by atoms with Crippen LogP contribution in [0.5, 0.6) is 0 Å². The molecule has 0 spiro atoms. The van der Waals surface area contributed by atoms with Gasteiger partial charge in [0.2, 0.25) is 0 Å². The fourth-order valence-corrected chi connectivity index (χ4v) is 4.62. The van der Waals surface area contributed by atoms with E-state index in [1.54, 1.807) is 0 Å². The van der Waals surface area contributed by atoms with Crippen molar-refractivity contribution in [3.05, 3.63) is 76.7 Å². The lowest BCUT2D eigenvalue weighted by molar-refractivity contribution is 0.0762. The molecule has 8 nitrogen and oxygen atoms in total. The minimum absolute atomic E-state index is 0.0414. The summed E-state index contributed by atoms with van der Waals surface area (Å²) in [6, 6.07) is 14.7. The topological polar surface area (TPSA) is 85.7 Å². The van der Waals surface area contributed by atoms with Gasteiger partial charge >= 0.3 is 0 Å². The van der Waals surface area contributed by atoms with E-state index in [2.05, 4.69) is 51.1 Å². The number of fused-ring (bicyclic) bond motifs is 2. The van der Waals surface area contributed by atoms with Crippen molar-refractivity contribution in [2.45, 2.75) is 25.3 Å². The van der Waals surface area contributed by atoms with Gasteiger partial charge in [-0.25, -0.2) is 4.52 Å². The number of anilines is 1.